The van der Waals surface area contributed by atoms with Crippen LogP contribution in [-0.2, 0) is 6.54 Å². The van der Waals surface area contributed by atoms with Gasteiger partial charge in [0.2, 0.25) is 0 Å². The van der Waals surface area contributed by atoms with Crippen molar-refractivity contribution in [1.82, 2.24) is 5.32 Å². The Balaban J connectivity index is 1.81. The van der Waals surface area contributed by atoms with Gasteiger partial charge in [-0.2, -0.15) is 0 Å². The first-order valence-corrected chi connectivity index (χ1v) is 7.70. The zero-order chi connectivity index (χ0) is 16.9. The SMILES string of the molecule is COc1cc(OC)cc(C(=O)Nc2ccc3c(c2)CNCCO3)c1. The van der Waals surface area contributed by atoms with E-state index in [1.807, 2.05) is 18.2 Å². The lowest BCUT2D eigenvalue weighted by molar-refractivity contribution is 0.102. The number of carbonyl (C=O) groups excluding carboxylic acids is 1. The van der Waals surface area contributed by atoms with Gasteiger partial charge < -0.3 is 24.8 Å². The van der Waals surface area contributed by atoms with E-state index in [1.165, 1.54) is 0 Å². The van der Waals surface area contributed by atoms with E-state index in [9.17, 15) is 4.79 Å². The number of amides is 1. The van der Waals surface area contributed by atoms with Crippen molar-refractivity contribution >= 4 is 11.6 Å². The van der Waals surface area contributed by atoms with Crippen molar-refractivity contribution in [3.05, 3.63) is 47.5 Å². The van der Waals surface area contributed by atoms with E-state index < -0.39 is 0 Å². The summed E-state index contributed by atoms with van der Waals surface area (Å²) >= 11 is 0. The Bertz CT molecular complexity index is 724. The molecular formula is C18H20N2O4. The summed E-state index contributed by atoms with van der Waals surface area (Å²) in [4.78, 5) is 12.5. The largest absolute Gasteiger partial charge is 0.497 e. The van der Waals surface area contributed by atoms with E-state index in [4.69, 9.17) is 14.2 Å². The molecule has 24 heavy (non-hydrogen) atoms. The predicted molar refractivity (Wildman–Crippen MR) is 91.1 cm³/mol. The highest BCUT2D eigenvalue weighted by Crippen LogP contribution is 2.26. The maximum absolute atomic E-state index is 12.5. The van der Waals surface area contributed by atoms with Crippen LogP contribution >= 0.6 is 0 Å². The molecule has 0 aromatic heterocycles. The summed E-state index contributed by atoms with van der Waals surface area (Å²) in [5, 5.41) is 6.17. The van der Waals surface area contributed by atoms with Crippen LogP contribution in [0.25, 0.3) is 0 Å². The van der Waals surface area contributed by atoms with Crippen LogP contribution in [0.5, 0.6) is 17.2 Å². The molecule has 0 saturated heterocycles. The third kappa shape index (κ3) is 3.60. The molecule has 1 aliphatic rings. The summed E-state index contributed by atoms with van der Waals surface area (Å²) in [5.41, 5.74) is 2.21. The van der Waals surface area contributed by atoms with Crippen LogP contribution in [0.1, 0.15) is 15.9 Å². The maximum Gasteiger partial charge on any atom is 0.255 e. The lowest BCUT2D eigenvalue weighted by Crippen LogP contribution is -2.16. The highest BCUT2D eigenvalue weighted by atomic mass is 16.5. The van der Waals surface area contributed by atoms with Crippen molar-refractivity contribution in [2.24, 2.45) is 0 Å². The van der Waals surface area contributed by atoms with Gasteiger partial charge in [0.05, 0.1) is 14.2 Å². The van der Waals surface area contributed by atoms with Gasteiger partial charge in [-0.05, 0) is 30.3 Å². The van der Waals surface area contributed by atoms with Crippen LogP contribution in [0.4, 0.5) is 5.69 Å². The van der Waals surface area contributed by atoms with E-state index in [0.717, 1.165) is 17.9 Å². The minimum atomic E-state index is -0.227. The molecule has 2 N–H and O–H groups in total. The number of methoxy groups -OCH3 is 2. The van der Waals surface area contributed by atoms with Crippen molar-refractivity contribution in [2.45, 2.75) is 6.54 Å². The number of anilines is 1. The molecule has 6 nitrogen and oxygen atoms in total. The molecule has 0 saturated carbocycles. The number of ether oxygens (including phenoxy) is 3. The fraction of sp³-hybridized carbons (Fsp3) is 0.278. The smallest absolute Gasteiger partial charge is 0.255 e. The number of carbonyl (C=O) groups is 1. The average molecular weight is 328 g/mol. The number of fused-ring (bicyclic) bond motifs is 1. The van der Waals surface area contributed by atoms with Crippen molar-refractivity contribution in [2.75, 3.05) is 32.7 Å². The van der Waals surface area contributed by atoms with Gasteiger partial charge in [-0.3, -0.25) is 4.79 Å². The first kappa shape index (κ1) is 16.1. The zero-order valence-corrected chi connectivity index (χ0v) is 13.7. The van der Waals surface area contributed by atoms with Crippen molar-refractivity contribution < 1.29 is 19.0 Å². The first-order chi connectivity index (χ1) is 11.7. The monoisotopic (exact) mass is 328 g/mol. The second kappa shape index (κ2) is 7.23. The molecule has 3 rings (SSSR count). The van der Waals surface area contributed by atoms with Gasteiger partial charge in [0.15, 0.2) is 0 Å². The van der Waals surface area contributed by atoms with E-state index in [-0.39, 0.29) is 5.91 Å². The molecule has 0 atom stereocenters. The van der Waals surface area contributed by atoms with Gasteiger partial charge in [-0.1, -0.05) is 0 Å². The maximum atomic E-state index is 12.5. The fourth-order valence-electron chi connectivity index (χ4n) is 2.53. The fourth-order valence-corrected chi connectivity index (χ4v) is 2.53. The zero-order valence-electron chi connectivity index (χ0n) is 13.7. The van der Waals surface area contributed by atoms with Gasteiger partial charge in [0, 0.05) is 36.0 Å². The second-order valence-electron chi connectivity index (χ2n) is 5.40. The molecule has 6 heteroatoms. The van der Waals surface area contributed by atoms with Gasteiger partial charge >= 0.3 is 0 Å². The minimum Gasteiger partial charge on any atom is -0.497 e. The van der Waals surface area contributed by atoms with Crippen LogP contribution in [0, 0.1) is 0 Å². The Kier molecular flexibility index (Phi) is 4.86. The summed E-state index contributed by atoms with van der Waals surface area (Å²) in [7, 11) is 3.10. The van der Waals surface area contributed by atoms with Gasteiger partial charge in [-0.25, -0.2) is 0 Å². The third-order valence-corrected chi connectivity index (χ3v) is 3.78. The molecular weight excluding hydrogens is 308 g/mol. The Morgan fingerprint density at radius 3 is 2.58 bits per heavy atom. The van der Waals surface area contributed by atoms with Gasteiger partial charge in [0.25, 0.3) is 5.91 Å². The molecule has 0 unspecified atom stereocenters. The quantitative estimate of drug-likeness (QED) is 0.902. The molecule has 126 valence electrons. The molecule has 0 radical (unpaired) electrons. The molecule has 1 aliphatic heterocycles. The van der Waals surface area contributed by atoms with E-state index in [0.29, 0.717) is 35.9 Å². The van der Waals surface area contributed by atoms with Crippen LogP contribution in [0.15, 0.2) is 36.4 Å². The molecule has 0 fully saturated rings. The van der Waals surface area contributed by atoms with E-state index in [1.54, 1.807) is 32.4 Å². The summed E-state index contributed by atoms with van der Waals surface area (Å²) in [6, 6.07) is 10.7. The molecule has 2 aromatic rings. The van der Waals surface area contributed by atoms with Crippen molar-refractivity contribution in [3.63, 3.8) is 0 Å². The number of hydrogen-bond acceptors (Lipinski definition) is 5. The van der Waals surface area contributed by atoms with Crippen LogP contribution < -0.4 is 24.8 Å². The van der Waals surface area contributed by atoms with Crippen molar-refractivity contribution in [3.8, 4) is 17.2 Å². The molecule has 0 aliphatic carbocycles. The Morgan fingerprint density at radius 2 is 1.88 bits per heavy atom. The van der Waals surface area contributed by atoms with Gasteiger partial charge in [-0.15, -0.1) is 0 Å². The third-order valence-electron chi connectivity index (χ3n) is 3.78. The minimum absolute atomic E-state index is 0.227. The van der Waals surface area contributed by atoms with Crippen molar-refractivity contribution in [1.29, 1.82) is 0 Å². The number of benzene rings is 2. The Hall–Kier alpha value is -2.73. The van der Waals surface area contributed by atoms with E-state index in [2.05, 4.69) is 10.6 Å². The summed E-state index contributed by atoms with van der Waals surface area (Å²) in [6.45, 7) is 2.16. The Labute approximate surface area is 140 Å². The summed E-state index contributed by atoms with van der Waals surface area (Å²) < 4.78 is 16.0. The van der Waals surface area contributed by atoms with Crippen LogP contribution in [-0.4, -0.2) is 33.3 Å². The number of nitrogens with one attached hydrogen (secondary N) is 2. The standard InChI is InChI=1S/C18H20N2O4/c1-22-15-8-12(9-16(10-15)23-2)18(21)20-14-3-4-17-13(7-14)11-19-5-6-24-17/h3-4,7-10,19H,5-6,11H2,1-2H3,(H,20,21). The predicted octanol–water partition coefficient (Wildman–Crippen LogP) is 2.44. The highest BCUT2D eigenvalue weighted by molar-refractivity contribution is 6.04. The number of rotatable bonds is 4. The van der Waals surface area contributed by atoms with Gasteiger partial charge in [0.1, 0.15) is 23.9 Å². The molecule has 0 bridgehead atoms. The second-order valence-corrected chi connectivity index (χ2v) is 5.40. The topological polar surface area (TPSA) is 68.8 Å². The van der Waals surface area contributed by atoms with Crippen LogP contribution in [0.3, 0.4) is 0 Å². The Morgan fingerprint density at radius 1 is 1.12 bits per heavy atom. The first-order valence-electron chi connectivity index (χ1n) is 7.70. The molecule has 1 amide bonds. The van der Waals surface area contributed by atoms with Crippen LogP contribution in [0.2, 0.25) is 0 Å². The normalized spacial score (nSPS) is 13.2. The summed E-state index contributed by atoms with van der Waals surface area (Å²) in [6.07, 6.45) is 0. The molecule has 0 spiro atoms. The lowest BCUT2D eigenvalue weighted by atomic mass is 10.1. The summed E-state index contributed by atoms with van der Waals surface area (Å²) in [5.74, 6) is 1.76. The highest BCUT2D eigenvalue weighted by Gasteiger charge is 2.13. The van der Waals surface area contributed by atoms with E-state index >= 15 is 0 Å². The number of hydrogen-bond donors (Lipinski definition) is 2. The lowest BCUT2D eigenvalue weighted by Gasteiger charge is -2.11. The molecule has 2 aromatic carbocycles. The average Bonchev–Trinajstić information content (AvgIpc) is 2.86. The molecule has 1 heterocycles.